The van der Waals surface area contributed by atoms with Gasteiger partial charge in [-0.25, -0.2) is 9.37 Å². The summed E-state index contributed by atoms with van der Waals surface area (Å²) in [6, 6.07) is 6.41. The zero-order valence-electron chi connectivity index (χ0n) is 9.90. The molecule has 17 heavy (non-hydrogen) atoms. The fourth-order valence-electron chi connectivity index (χ4n) is 1.71. The van der Waals surface area contributed by atoms with Crippen molar-refractivity contribution >= 4 is 0 Å². The van der Waals surface area contributed by atoms with Crippen LogP contribution in [-0.4, -0.2) is 4.98 Å². The Morgan fingerprint density at radius 1 is 1.35 bits per heavy atom. The first-order valence-electron chi connectivity index (χ1n) is 5.58. The van der Waals surface area contributed by atoms with E-state index >= 15 is 0 Å². The third-order valence-corrected chi connectivity index (χ3v) is 2.56. The fourth-order valence-corrected chi connectivity index (χ4v) is 1.71. The van der Waals surface area contributed by atoms with Crippen LogP contribution in [0.15, 0.2) is 28.7 Å². The van der Waals surface area contributed by atoms with E-state index < -0.39 is 0 Å². The summed E-state index contributed by atoms with van der Waals surface area (Å²) >= 11 is 0. The van der Waals surface area contributed by atoms with Crippen LogP contribution in [0.4, 0.5) is 4.39 Å². The molecule has 2 aromatic rings. The zero-order valence-corrected chi connectivity index (χ0v) is 9.90. The second-order valence-electron chi connectivity index (χ2n) is 4.17. The molecular weight excluding hydrogens is 219 g/mol. The van der Waals surface area contributed by atoms with Gasteiger partial charge < -0.3 is 10.2 Å². The number of oxazole rings is 1. The summed E-state index contributed by atoms with van der Waals surface area (Å²) in [5, 5.41) is 0. The molecule has 0 unspecified atom stereocenters. The number of halogens is 1. The molecule has 0 atom stereocenters. The molecular formula is C13H15FN2O. The highest BCUT2D eigenvalue weighted by atomic mass is 19.1. The van der Waals surface area contributed by atoms with Gasteiger partial charge in [0.2, 0.25) is 5.89 Å². The minimum absolute atomic E-state index is 0.206. The summed E-state index contributed by atoms with van der Waals surface area (Å²) in [6.45, 7) is 4.28. The van der Waals surface area contributed by atoms with Gasteiger partial charge in [-0.2, -0.15) is 0 Å². The first-order valence-corrected chi connectivity index (χ1v) is 5.58. The highest BCUT2D eigenvalue weighted by molar-refractivity contribution is 5.54. The monoisotopic (exact) mass is 234 g/mol. The molecule has 2 rings (SSSR count). The van der Waals surface area contributed by atoms with Gasteiger partial charge in [-0.05, 0) is 18.1 Å². The van der Waals surface area contributed by atoms with Crippen molar-refractivity contribution in [2.45, 2.75) is 26.3 Å². The molecule has 0 amide bonds. The molecule has 1 aromatic carbocycles. The van der Waals surface area contributed by atoms with Crippen LogP contribution < -0.4 is 5.73 Å². The molecule has 0 saturated carbocycles. The average Bonchev–Trinajstić information content (AvgIpc) is 2.73. The molecule has 0 saturated heterocycles. The Hall–Kier alpha value is -1.68. The van der Waals surface area contributed by atoms with Crippen LogP contribution in [0.5, 0.6) is 0 Å². The second-order valence-corrected chi connectivity index (χ2v) is 4.17. The normalized spacial score (nSPS) is 11.1. The van der Waals surface area contributed by atoms with E-state index in [0.717, 1.165) is 5.69 Å². The smallest absolute Gasteiger partial charge is 0.229 e. The summed E-state index contributed by atoms with van der Waals surface area (Å²) in [7, 11) is 0. The zero-order chi connectivity index (χ0) is 12.4. The lowest BCUT2D eigenvalue weighted by Gasteiger charge is -1.99. The lowest BCUT2D eigenvalue weighted by molar-refractivity contribution is 0.510. The number of aromatic nitrogens is 1. The molecule has 0 aliphatic rings. The number of rotatable bonds is 3. The van der Waals surface area contributed by atoms with Gasteiger partial charge in [0.05, 0.1) is 17.8 Å². The van der Waals surface area contributed by atoms with Crippen molar-refractivity contribution < 1.29 is 8.81 Å². The molecule has 3 nitrogen and oxygen atoms in total. The molecule has 2 N–H and O–H groups in total. The van der Waals surface area contributed by atoms with E-state index in [0.29, 0.717) is 17.2 Å². The van der Waals surface area contributed by atoms with Crippen LogP contribution >= 0.6 is 0 Å². The van der Waals surface area contributed by atoms with Crippen molar-refractivity contribution in [2.24, 2.45) is 5.73 Å². The third-order valence-electron chi connectivity index (χ3n) is 2.56. The highest BCUT2D eigenvalue weighted by Crippen LogP contribution is 2.27. The van der Waals surface area contributed by atoms with E-state index in [-0.39, 0.29) is 18.3 Å². The van der Waals surface area contributed by atoms with Gasteiger partial charge in [-0.3, -0.25) is 0 Å². The average molecular weight is 234 g/mol. The molecule has 90 valence electrons. The summed E-state index contributed by atoms with van der Waals surface area (Å²) < 4.78 is 19.1. The third kappa shape index (κ3) is 2.22. The Kier molecular flexibility index (Phi) is 3.24. The summed E-state index contributed by atoms with van der Waals surface area (Å²) in [5.74, 6) is 0.788. The molecule has 0 spiro atoms. The largest absolute Gasteiger partial charge is 0.439 e. The summed E-state index contributed by atoms with van der Waals surface area (Å²) in [4.78, 5) is 4.32. The number of benzene rings is 1. The minimum atomic E-state index is -0.340. The van der Waals surface area contributed by atoms with Crippen molar-refractivity contribution in [3.63, 3.8) is 0 Å². The topological polar surface area (TPSA) is 52.0 Å². The Bertz CT molecular complexity index is 520. The molecule has 0 bridgehead atoms. The van der Waals surface area contributed by atoms with Gasteiger partial charge in [0.1, 0.15) is 11.6 Å². The lowest BCUT2D eigenvalue weighted by Crippen LogP contribution is -2.00. The highest BCUT2D eigenvalue weighted by Gasteiger charge is 2.17. The molecule has 0 fully saturated rings. The van der Waals surface area contributed by atoms with E-state index in [1.807, 2.05) is 13.8 Å². The van der Waals surface area contributed by atoms with E-state index in [1.54, 1.807) is 18.2 Å². The fraction of sp³-hybridized carbons (Fsp3) is 0.308. The second kappa shape index (κ2) is 4.67. The van der Waals surface area contributed by atoms with E-state index in [9.17, 15) is 4.39 Å². The number of hydrogen-bond acceptors (Lipinski definition) is 3. The van der Waals surface area contributed by atoms with Crippen molar-refractivity contribution in [1.29, 1.82) is 0 Å². The maximum Gasteiger partial charge on any atom is 0.229 e. The SMILES string of the molecule is CC(C)c1nc(-c2ccccc2F)oc1CN. The van der Waals surface area contributed by atoms with E-state index in [1.165, 1.54) is 6.07 Å². The first-order chi connectivity index (χ1) is 8.13. The Morgan fingerprint density at radius 3 is 2.59 bits per heavy atom. The predicted octanol–water partition coefficient (Wildman–Crippen LogP) is 3.06. The maximum atomic E-state index is 13.6. The van der Waals surface area contributed by atoms with Gasteiger partial charge in [-0.1, -0.05) is 26.0 Å². The Labute approximate surface area is 99.5 Å². The summed E-state index contributed by atoms with van der Waals surface area (Å²) in [6.07, 6.45) is 0. The molecule has 1 aromatic heterocycles. The van der Waals surface area contributed by atoms with Crippen LogP contribution in [-0.2, 0) is 6.54 Å². The van der Waals surface area contributed by atoms with Crippen molar-refractivity contribution in [1.82, 2.24) is 4.98 Å². The molecule has 4 heteroatoms. The maximum absolute atomic E-state index is 13.6. The molecule has 1 heterocycles. The quantitative estimate of drug-likeness (QED) is 0.887. The van der Waals surface area contributed by atoms with Gasteiger partial charge >= 0.3 is 0 Å². The van der Waals surface area contributed by atoms with Crippen molar-refractivity contribution in [3.8, 4) is 11.5 Å². The van der Waals surface area contributed by atoms with Crippen molar-refractivity contribution in [2.75, 3.05) is 0 Å². The standard InChI is InChI=1S/C13H15FN2O/c1-8(2)12-11(7-15)17-13(16-12)9-5-3-4-6-10(9)14/h3-6,8H,7,15H2,1-2H3. The Morgan fingerprint density at radius 2 is 2.06 bits per heavy atom. The van der Waals surface area contributed by atoms with Gasteiger partial charge in [-0.15, -0.1) is 0 Å². The first kappa shape index (κ1) is 11.8. The minimum Gasteiger partial charge on any atom is -0.439 e. The number of nitrogens with two attached hydrogens (primary N) is 1. The van der Waals surface area contributed by atoms with Crippen LogP contribution in [0.1, 0.15) is 31.2 Å². The Balaban J connectivity index is 2.51. The summed E-state index contributed by atoms with van der Waals surface area (Å²) in [5.41, 5.74) is 6.76. The van der Waals surface area contributed by atoms with Crippen LogP contribution in [0.2, 0.25) is 0 Å². The van der Waals surface area contributed by atoms with Crippen LogP contribution in [0.25, 0.3) is 11.5 Å². The molecule has 0 aliphatic heterocycles. The van der Waals surface area contributed by atoms with Gasteiger partial charge in [0.25, 0.3) is 0 Å². The number of hydrogen-bond donors (Lipinski definition) is 1. The molecule has 0 radical (unpaired) electrons. The lowest BCUT2D eigenvalue weighted by atomic mass is 10.1. The molecule has 0 aliphatic carbocycles. The van der Waals surface area contributed by atoms with Crippen LogP contribution in [0.3, 0.4) is 0 Å². The van der Waals surface area contributed by atoms with Crippen molar-refractivity contribution in [3.05, 3.63) is 41.5 Å². The predicted molar refractivity (Wildman–Crippen MR) is 63.9 cm³/mol. The van der Waals surface area contributed by atoms with E-state index in [2.05, 4.69) is 4.98 Å². The number of nitrogens with zero attached hydrogens (tertiary/aromatic N) is 1. The van der Waals surface area contributed by atoms with Gasteiger partial charge in [0, 0.05) is 0 Å². The van der Waals surface area contributed by atoms with Gasteiger partial charge in [0.15, 0.2) is 0 Å². The van der Waals surface area contributed by atoms with E-state index in [4.69, 9.17) is 10.2 Å². The van der Waals surface area contributed by atoms with Crippen LogP contribution in [0, 0.1) is 5.82 Å².